The van der Waals surface area contributed by atoms with E-state index >= 15 is 0 Å². The highest BCUT2D eigenvalue weighted by Crippen LogP contribution is 2.10. The average Bonchev–Trinajstić information content (AvgIpc) is 2.28. The number of carbonyl (C=O) groups excluding carboxylic acids is 2. The number of amides is 3. The van der Waals surface area contributed by atoms with Gasteiger partial charge in [0.05, 0.1) is 6.61 Å². The average molecular weight is 186 g/mol. The molecule has 5 nitrogen and oxygen atoms in total. The molecule has 5 heteroatoms. The van der Waals surface area contributed by atoms with Crippen molar-refractivity contribution in [3.05, 3.63) is 0 Å². The van der Waals surface area contributed by atoms with Crippen molar-refractivity contribution in [1.82, 2.24) is 10.2 Å². The Labute approximate surface area is 77.0 Å². The Hall–Kier alpha value is -1.10. The van der Waals surface area contributed by atoms with Gasteiger partial charge in [-0.15, -0.1) is 0 Å². The first-order valence-electron chi connectivity index (χ1n) is 4.20. The second-order valence-electron chi connectivity index (χ2n) is 3.26. The van der Waals surface area contributed by atoms with Gasteiger partial charge in [-0.2, -0.15) is 0 Å². The highest BCUT2D eigenvalue weighted by molar-refractivity contribution is 6.04. The summed E-state index contributed by atoms with van der Waals surface area (Å²) in [5.74, 6) is -0.207. The SMILES string of the molecule is COCC1NC(=O)N(C(C)C)C1=O. The third-order valence-electron chi connectivity index (χ3n) is 1.90. The van der Waals surface area contributed by atoms with E-state index < -0.39 is 6.04 Å². The number of rotatable bonds is 3. The monoisotopic (exact) mass is 186 g/mol. The highest BCUT2D eigenvalue weighted by Gasteiger charge is 2.39. The van der Waals surface area contributed by atoms with Gasteiger partial charge >= 0.3 is 6.03 Å². The Bertz CT molecular complexity index is 227. The zero-order valence-corrected chi connectivity index (χ0v) is 8.03. The molecule has 3 amide bonds. The Morgan fingerprint density at radius 2 is 2.15 bits per heavy atom. The topological polar surface area (TPSA) is 58.6 Å². The van der Waals surface area contributed by atoms with Crippen molar-refractivity contribution in [3.63, 3.8) is 0 Å². The molecule has 1 atom stereocenters. The maximum absolute atomic E-state index is 11.5. The summed E-state index contributed by atoms with van der Waals surface area (Å²) in [7, 11) is 1.50. The Morgan fingerprint density at radius 3 is 2.54 bits per heavy atom. The predicted octanol–water partition coefficient (Wildman–Crippen LogP) is -0.0384. The molecule has 0 saturated carbocycles. The van der Waals surface area contributed by atoms with Crippen LogP contribution >= 0.6 is 0 Å². The summed E-state index contributed by atoms with van der Waals surface area (Å²) in [6.45, 7) is 3.83. The number of imide groups is 1. The second kappa shape index (κ2) is 3.74. The van der Waals surface area contributed by atoms with Crippen LogP contribution < -0.4 is 5.32 Å². The van der Waals surface area contributed by atoms with E-state index in [1.165, 1.54) is 12.0 Å². The zero-order valence-electron chi connectivity index (χ0n) is 8.03. The van der Waals surface area contributed by atoms with Crippen molar-refractivity contribution in [2.45, 2.75) is 25.9 Å². The Morgan fingerprint density at radius 1 is 1.54 bits per heavy atom. The van der Waals surface area contributed by atoms with Gasteiger partial charge < -0.3 is 10.1 Å². The molecule has 1 aliphatic rings. The molecule has 0 aromatic heterocycles. The van der Waals surface area contributed by atoms with Crippen LogP contribution in [0.5, 0.6) is 0 Å². The minimum atomic E-state index is -0.514. The van der Waals surface area contributed by atoms with Crippen LogP contribution in [0.2, 0.25) is 0 Å². The van der Waals surface area contributed by atoms with Crippen LogP contribution in [0, 0.1) is 0 Å². The van der Waals surface area contributed by atoms with Crippen LogP contribution in [-0.2, 0) is 9.53 Å². The zero-order chi connectivity index (χ0) is 10.0. The molecule has 0 radical (unpaired) electrons. The summed E-state index contributed by atoms with van der Waals surface area (Å²) in [5, 5.41) is 2.55. The fraction of sp³-hybridized carbons (Fsp3) is 0.750. The Balaban J connectivity index is 2.70. The molecule has 0 spiro atoms. The maximum atomic E-state index is 11.5. The lowest BCUT2D eigenvalue weighted by atomic mass is 10.3. The van der Waals surface area contributed by atoms with Crippen molar-refractivity contribution in [3.8, 4) is 0 Å². The van der Waals surface area contributed by atoms with Crippen LogP contribution in [0.15, 0.2) is 0 Å². The lowest BCUT2D eigenvalue weighted by molar-refractivity contribution is -0.129. The minimum Gasteiger partial charge on any atom is -0.382 e. The molecule has 1 fully saturated rings. The molecule has 1 heterocycles. The summed E-state index contributed by atoms with van der Waals surface area (Å²) in [4.78, 5) is 24.0. The smallest absolute Gasteiger partial charge is 0.325 e. The summed E-state index contributed by atoms with van der Waals surface area (Å²) in [6, 6.07) is -0.948. The van der Waals surface area contributed by atoms with Gasteiger partial charge in [-0.3, -0.25) is 9.69 Å². The van der Waals surface area contributed by atoms with Crippen molar-refractivity contribution < 1.29 is 14.3 Å². The van der Waals surface area contributed by atoms with Gasteiger partial charge in [0.2, 0.25) is 0 Å². The minimum absolute atomic E-state index is 0.102. The van der Waals surface area contributed by atoms with Crippen molar-refractivity contribution in [1.29, 1.82) is 0 Å². The molecule has 1 rings (SSSR count). The lowest BCUT2D eigenvalue weighted by Crippen LogP contribution is -2.38. The molecule has 1 saturated heterocycles. The van der Waals surface area contributed by atoms with Gasteiger partial charge in [-0.1, -0.05) is 0 Å². The molecule has 1 unspecified atom stereocenters. The quantitative estimate of drug-likeness (QED) is 0.629. The van der Waals surface area contributed by atoms with Crippen LogP contribution in [0.3, 0.4) is 0 Å². The maximum Gasteiger partial charge on any atom is 0.325 e. The number of nitrogens with one attached hydrogen (secondary N) is 1. The molecule has 0 bridgehead atoms. The van der Waals surface area contributed by atoms with Gasteiger partial charge in [-0.05, 0) is 13.8 Å². The van der Waals surface area contributed by atoms with E-state index in [9.17, 15) is 9.59 Å². The van der Waals surface area contributed by atoms with Gasteiger partial charge in [0.1, 0.15) is 6.04 Å². The Kier molecular flexibility index (Phi) is 2.87. The normalized spacial score (nSPS) is 22.8. The van der Waals surface area contributed by atoms with E-state index in [2.05, 4.69) is 5.32 Å². The summed E-state index contributed by atoms with van der Waals surface area (Å²) in [5.41, 5.74) is 0. The lowest BCUT2D eigenvalue weighted by Gasteiger charge is -2.16. The van der Waals surface area contributed by atoms with Gasteiger partial charge in [0, 0.05) is 13.2 Å². The molecule has 0 aliphatic carbocycles. The third-order valence-corrected chi connectivity index (χ3v) is 1.90. The molecular formula is C8H14N2O3. The summed E-state index contributed by atoms with van der Waals surface area (Å²) < 4.78 is 4.81. The number of urea groups is 1. The summed E-state index contributed by atoms with van der Waals surface area (Å²) in [6.07, 6.45) is 0. The molecule has 0 aromatic carbocycles. The van der Waals surface area contributed by atoms with Crippen molar-refractivity contribution >= 4 is 11.9 Å². The fourth-order valence-electron chi connectivity index (χ4n) is 1.32. The van der Waals surface area contributed by atoms with E-state index in [1.807, 2.05) is 0 Å². The first kappa shape index (κ1) is 9.98. The van der Waals surface area contributed by atoms with Crippen molar-refractivity contribution in [2.24, 2.45) is 0 Å². The number of hydrogen-bond acceptors (Lipinski definition) is 3. The van der Waals surface area contributed by atoms with Gasteiger partial charge in [0.25, 0.3) is 5.91 Å². The highest BCUT2D eigenvalue weighted by atomic mass is 16.5. The number of nitrogens with zero attached hydrogens (tertiary/aromatic N) is 1. The molecular weight excluding hydrogens is 172 g/mol. The fourth-order valence-corrected chi connectivity index (χ4v) is 1.32. The predicted molar refractivity (Wildman–Crippen MR) is 46.2 cm³/mol. The van der Waals surface area contributed by atoms with E-state index in [1.54, 1.807) is 13.8 Å². The number of carbonyl (C=O) groups is 2. The van der Waals surface area contributed by atoms with Crippen LogP contribution in [0.4, 0.5) is 4.79 Å². The molecule has 1 N–H and O–H groups in total. The summed E-state index contributed by atoms with van der Waals surface area (Å²) >= 11 is 0. The van der Waals surface area contributed by atoms with Gasteiger partial charge in [0.15, 0.2) is 0 Å². The number of ether oxygens (including phenoxy) is 1. The van der Waals surface area contributed by atoms with Crippen LogP contribution in [0.1, 0.15) is 13.8 Å². The first-order valence-corrected chi connectivity index (χ1v) is 4.20. The number of methoxy groups -OCH3 is 1. The van der Waals surface area contributed by atoms with Crippen LogP contribution in [-0.4, -0.2) is 42.6 Å². The van der Waals surface area contributed by atoms with E-state index in [4.69, 9.17) is 4.74 Å². The van der Waals surface area contributed by atoms with Gasteiger partial charge in [-0.25, -0.2) is 4.79 Å². The van der Waals surface area contributed by atoms with Crippen LogP contribution in [0.25, 0.3) is 0 Å². The standard InChI is InChI=1S/C8H14N2O3/c1-5(2)10-7(11)6(4-13-3)9-8(10)12/h5-6H,4H2,1-3H3,(H,9,12). The van der Waals surface area contributed by atoms with Crippen molar-refractivity contribution in [2.75, 3.05) is 13.7 Å². The van der Waals surface area contributed by atoms with E-state index in [0.29, 0.717) is 0 Å². The molecule has 1 aliphatic heterocycles. The third kappa shape index (κ3) is 1.80. The molecule has 13 heavy (non-hydrogen) atoms. The second-order valence-corrected chi connectivity index (χ2v) is 3.26. The van der Waals surface area contributed by atoms with E-state index in [0.717, 1.165) is 0 Å². The van der Waals surface area contributed by atoms with E-state index in [-0.39, 0.29) is 24.6 Å². The molecule has 74 valence electrons. The molecule has 0 aromatic rings. The number of hydrogen-bond donors (Lipinski definition) is 1. The first-order chi connectivity index (χ1) is 6.07. The largest absolute Gasteiger partial charge is 0.382 e.